The largest absolute Gasteiger partial charge is 0.479 e. The maximum absolute atomic E-state index is 12.5. The predicted octanol–water partition coefficient (Wildman–Crippen LogP) is 3.25. The number of benzene rings is 1. The van der Waals surface area contributed by atoms with Gasteiger partial charge in [-0.1, -0.05) is 18.2 Å². The third kappa shape index (κ3) is 4.50. The number of ether oxygens (including phenoxy) is 1. The molecule has 1 N–H and O–H groups in total. The van der Waals surface area contributed by atoms with Crippen molar-refractivity contribution in [1.29, 1.82) is 0 Å². The normalized spacial score (nSPS) is 12.0. The molecule has 2 aromatic heterocycles. The van der Waals surface area contributed by atoms with Crippen LogP contribution in [0.1, 0.15) is 21.3 Å². The zero-order valence-electron chi connectivity index (χ0n) is 15.5. The van der Waals surface area contributed by atoms with Gasteiger partial charge in [0.05, 0.1) is 13.2 Å². The molecule has 0 aliphatic carbocycles. The second-order valence-electron chi connectivity index (χ2n) is 6.20. The molecule has 3 aromatic rings. The van der Waals surface area contributed by atoms with Crippen LogP contribution >= 0.6 is 11.3 Å². The van der Waals surface area contributed by atoms with Crippen molar-refractivity contribution in [2.24, 2.45) is 0 Å². The molecule has 6 nitrogen and oxygen atoms in total. The minimum absolute atomic E-state index is 0.101. The number of hydrogen-bond acceptors (Lipinski definition) is 6. The Morgan fingerprint density at radius 3 is 2.56 bits per heavy atom. The number of rotatable bonds is 7. The smallest absolute Gasteiger partial charge is 0.251 e. The summed E-state index contributed by atoms with van der Waals surface area (Å²) in [6.45, 7) is 0.548. The molecule has 0 spiro atoms. The van der Waals surface area contributed by atoms with Crippen molar-refractivity contribution in [1.82, 2.24) is 20.2 Å². The molecule has 1 amide bonds. The lowest BCUT2D eigenvalue weighted by molar-refractivity contribution is 0.0942. The average Bonchev–Trinajstić information content (AvgIpc) is 3.22. The quantitative estimate of drug-likeness (QED) is 0.679. The summed E-state index contributed by atoms with van der Waals surface area (Å²) in [6.07, 6.45) is 3.20. The highest BCUT2D eigenvalue weighted by Crippen LogP contribution is 2.25. The summed E-state index contributed by atoms with van der Waals surface area (Å²) < 4.78 is 5.24. The van der Waals surface area contributed by atoms with Crippen molar-refractivity contribution in [2.45, 2.75) is 6.04 Å². The monoisotopic (exact) mass is 382 g/mol. The Morgan fingerprint density at radius 1 is 1.19 bits per heavy atom. The molecule has 0 unspecified atom stereocenters. The summed E-state index contributed by atoms with van der Waals surface area (Å²) in [6, 6.07) is 11.5. The van der Waals surface area contributed by atoms with E-state index in [-0.39, 0.29) is 11.9 Å². The predicted molar refractivity (Wildman–Crippen MR) is 107 cm³/mol. The molecule has 1 atom stereocenters. The molecule has 0 saturated carbocycles. The van der Waals surface area contributed by atoms with Gasteiger partial charge in [-0.25, -0.2) is 9.97 Å². The molecule has 1 aromatic carbocycles. The number of hydrogen-bond donors (Lipinski definition) is 1. The van der Waals surface area contributed by atoms with Gasteiger partial charge in [-0.3, -0.25) is 4.79 Å². The molecule has 0 fully saturated rings. The first kappa shape index (κ1) is 19.0. The van der Waals surface area contributed by atoms with Crippen LogP contribution in [0.4, 0.5) is 0 Å². The number of methoxy groups -OCH3 is 1. The summed E-state index contributed by atoms with van der Waals surface area (Å²) in [7, 11) is 5.59. The molecule has 0 radical (unpaired) electrons. The first-order chi connectivity index (χ1) is 13.1. The fraction of sp³-hybridized carbons (Fsp3) is 0.250. The Labute approximate surface area is 162 Å². The standard InChI is InChI=1S/C20H22N4O2S/c1-24(2)16(17-5-4-12-27-17)13-23-19(25)15-8-6-14(7-9-15)18-20(26-3)22-11-10-21-18/h4-12,16H,13H2,1-3H3,(H,23,25)/t16-/m1/s1. The number of carbonyl (C=O) groups is 1. The van der Waals surface area contributed by atoms with Gasteiger partial charge >= 0.3 is 0 Å². The third-order valence-electron chi connectivity index (χ3n) is 4.23. The number of nitrogens with zero attached hydrogens (tertiary/aromatic N) is 3. The van der Waals surface area contributed by atoms with E-state index in [1.807, 2.05) is 37.7 Å². The van der Waals surface area contributed by atoms with Crippen LogP contribution in [0.5, 0.6) is 5.88 Å². The van der Waals surface area contributed by atoms with Gasteiger partial charge in [0.2, 0.25) is 5.88 Å². The van der Waals surface area contributed by atoms with Crippen LogP contribution < -0.4 is 10.1 Å². The molecule has 27 heavy (non-hydrogen) atoms. The number of thiophene rings is 1. The highest BCUT2D eigenvalue weighted by Gasteiger charge is 2.17. The summed E-state index contributed by atoms with van der Waals surface area (Å²) in [4.78, 5) is 24.3. The van der Waals surface area contributed by atoms with Gasteiger partial charge in [0.1, 0.15) is 5.69 Å². The van der Waals surface area contributed by atoms with E-state index >= 15 is 0 Å². The molecule has 2 heterocycles. The Balaban J connectivity index is 1.69. The first-order valence-electron chi connectivity index (χ1n) is 8.53. The Bertz CT molecular complexity index is 879. The molecule has 0 aliphatic heterocycles. The molecule has 0 bridgehead atoms. The number of amides is 1. The number of nitrogens with one attached hydrogen (secondary N) is 1. The second-order valence-corrected chi connectivity index (χ2v) is 7.18. The van der Waals surface area contributed by atoms with Crippen molar-refractivity contribution in [3.63, 3.8) is 0 Å². The van der Waals surface area contributed by atoms with Crippen molar-refractivity contribution in [3.8, 4) is 17.1 Å². The van der Waals surface area contributed by atoms with E-state index in [2.05, 4.69) is 26.3 Å². The molecule has 0 aliphatic rings. The molecule has 140 valence electrons. The second kappa shape index (κ2) is 8.75. The van der Waals surface area contributed by atoms with Crippen LogP contribution in [0, 0.1) is 0 Å². The minimum Gasteiger partial charge on any atom is -0.479 e. The lowest BCUT2D eigenvalue weighted by atomic mass is 10.1. The van der Waals surface area contributed by atoms with Gasteiger partial charge in [0.25, 0.3) is 5.91 Å². The van der Waals surface area contributed by atoms with E-state index in [0.717, 1.165) is 5.56 Å². The summed E-state index contributed by atoms with van der Waals surface area (Å²) >= 11 is 1.69. The lowest BCUT2D eigenvalue weighted by Gasteiger charge is -2.23. The van der Waals surface area contributed by atoms with E-state index in [0.29, 0.717) is 23.7 Å². The zero-order chi connectivity index (χ0) is 19.2. The number of carbonyl (C=O) groups excluding carboxylic acids is 1. The summed E-state index contributed by atoms with van der Waals surface area (Å²) in [5.41, 5.74) is 2.10. The van der Waals surface area contributed by atoms with Gasteiger partial charge in [-0.15, -0.1) is 11.3 Å². The van der Waals surface area contributed by atoms with Crippen LogP contribution in [-0.2, 0) is 0 Å². The topological polar surface area (TPSA) is 67.3 Å². The Kier molecular flexibility index (Phi) is 6.16. The molecular weight excluding hydrogens is 360 g/mol. The molecule has 7 heteroatoms. The van der Waals surface area contributed by atoms with Crippen LogP contribution in [0.3, 0.4) is 0 Å². The zero-order valence-corrected chi connectivity index (χ0v) is 16.4. The van der Waals surface area contributed by atoms with E-state index in [9.17, 15) is 4.79 Å². The summed E-state index contributed by atoms with van der Waals surface area (Å²) in [5.74, 6) is 0.357. The molecular formula is C20H22N4O2S. The first-order valence-corrected chi connectivity index (χ1v) is 9.41. The van der Waals surface area contributed by atoms with Crippen LogP contribution in [0.25, 0.3) is 11.3 Å². The molecule has 0 saturated heterocycles. The molecule has 3 rings (SSSR count). The van der Waals surface area contributed by atoms with Crippen LogP contribution in [0.15, 0.2) is 54.2 Å². The lowest BCUT2D eigenvalue weighted by Crippen LogP contribution is -2.34. The third-order valence-corrected chi connectivity index (χ3v) is 5.20. The van der Waals surface area contributed by atoms with Crippen molar-refractivity contribution >= 4 is 17.2 Å². The van der Waals surface area contributed by atoms with Gasteiger partial charge in [0, 0.05) is 34.9 Å². The Hall–Kier alpha value is -2.77. The van der Waals surface area contributed by atoms with E-state index in [1.54, 1.807) is 43.0 Å². The minimum atomic E-state index is -0.101. The van der Waals surface area contributed by atoms with Gasteiger partial charge in [-0.2, -0.15) is 0 Å². The SMILES string of the molecule is COc1nccnc1-c1ccc(C(=O)NC[C@H](c2cccs2)N(C)C)cc1. The van der Waals surface area contributed by atoms with Crippen LogP contribution in [0.2, 0.25) is 0 Å². The van der Waals surface area contributed by atoms with E-state index < -0.39 is 0 Å². The summed E-state index contributed by atoms with van der Waals surface area (Å²) in [5, 5.41) is 5.07. The maximum atomic E-state index is 12.5. The van der Waals surface area contributed by atoms with Crippen LogP contribution in [-0.4, -0.2) is 48.5 Å². The maximum Gasteiger partial charge on any atom is 0.251 e. The van der Waals surface area contributed by atoms with E-state index in [1.165, 1.54) is 4.88 Å². The highest BCUT2D eigenvalue weighted by atomic mass is 32.1. The average molecular weight is 382 g/mol. The van der Waals surface area contributed by atoms with Crippen molar-refractivity contribution < 1.29 is 9.53 Å². The van der Waals surface area contributed by atoms with Gasteiger partial charge in [0.15, 0.2) is 0 Å². The van der Waals surface area contributed by atoms with Gasteiger partial charge < -0.3 is 15.0 Å². The number of likely N-dealkylation sites (N-methyl/N-ethyl adjacent to an activating group) is 1. The van der Waals surface area contributed by atoms with Crippen molar-refractivity contribution in [2.75, 3.05) is 27.7 Å². The Morgan fingerprint density at radius 2 is 1.93 bits per heavy atom. The van der Waals surface area contributed by atoms with E-state index in [4.69, 9.17) is 4.74 Å². The highest BCUT2D eigenvalue weighted by molar-refractivity contribution is 7.10. The fourth-order valence-corrected chi connectivity index (χ4v) is 3.68. The number of aromatic nitrogens is 2. The van der Waals surface area contributed by atoms with Gasteiger partial charge in [-0.05, 0) is 37.7 Å². The van der Waals surface area contributed by atoms with Crippen molar-refractivity contribution in [3.05, 3.63) is 64.6 Å². The fourth-order valence-electron chi connectivity index (χ4n) is 2.76.